The average Bonchev–Trinajstić information content (AvgIpc) is 2.90. The van der Waals surface area contributed by atoms with Crippen molar-refractivity contribution in [1.82, 2.24) is 4.98 Å². The van der Waals surface area contributed by atoms with Gasteiger partial charge in [0.25, 0.3) is 0 Å². The lowest BCUT2D eigenvalue weighted by Gasteiger charge is -2.09. The predicted molar refractivity (Wildman–Crippen MR) is 83.8 cm³/mol. The van der Waals surface area contributed by atoms with Gasteiger partial charge >= 0.3 is 0 Å². The molecule has 22 heavy (non-hydrogen) atoms. The van der Waals surface area contributed by atoms with Gasteiger partial charge < -0.3 is 14.5 Å². The normalized spacial score (nSPS) is 10.6. The van der Waals surface area contributed by atoms with Gasteiger partial charge in [-0.15, -0.1) is 0 Å². The SMILES string of the molecule is CC(=O)Nc1ccc(OCc2nc3ccccc3o2)cc1C. The number of hydrogen-bond acceptors (Lipinski definition) is 4. The molecule has 0 saturated heterocycles. The number of carbonyl (C=O) groups is 1. The number of nitrogens with zero attached hydrogens (tertiary/aromatic N) is 1. The fourth-order valence-corrected chi connectivity index (χ4v) is 2.18. The third kappa shape index (κ3) is 3.09. The van der Waals surface area contributed by atoms with Crippen LogP contribution in [-0.4, -0.2) is 10.9 Å². The Labute approximate surface area is 127 Å². The van der Waals surface area contributed by atoms with Gasteiger partial charge in [0.2, 0.25) is 11.8 Å². The highest BCUT2D eigenvalue weighted by Gasteiger charge is 2.07. The second-order valence-corrected chi connectivity index (χ2v) is 5.02. The minimum Gasteiger partial charge on any atom is -0.484 e. The minimum absolute atomic E-state index is 0.0942. The van der Waals surface area contributed by atoms with E-state index in [2.05, 4.69) is 10.3 Å². The van der Waals surface area contributed by atoms with Crippen LogP contribution in [0.25, 0.3) is 11.1 Å². The molecule has 112 valence electrons. The summed E-state index contributed by atoms with van der Waals surface area (Å²) >= 11 is 0. The van der Waals surface area contributed by atoms with Crippen LogP contribution in [0.4, 0.5) is 5.69 Å². The van der Waals surface area contributed by atoms with Gasteiger partial charge in [0.05, 0.1) is 0 Å². The van der Waals surface area contributed by atoms with Gasteiger partial charge in [-0.05, 0) is 42.8 Å². The van der Waals surface area contributed by atoms with Gasteiger partial charge in [-0.25, -0.2) is 4.98 Å². The van der Waals surface area contributed by atoms with Crippen LogP contribution in [0, 0.1) is 6.92 Å². The number of ether oxygens (including phenoxy) is 1. The first-order valence-electron chi connectivity index (χ1n) is 6.97. The van der Waals surface area contributed by atoms with Crippen molar-refractivity contribution in [2.75, 3.05) is 5.32 Å². The molecular weight excluding hydrogens is 280 g/mol. The number of hydrogen-bond donors (Lipinski definition) is 1. The lowest BCUT2D eigenvalue weighted by Crippen LogP contribution is -2.07. The van der Waals surface area contributed by atoms with E-state index in [0.717, 1.165) is 22.4 Å². The summed E-state index contributed by atoms with van der Waals surface area (Å²) in [7, 11) is 0. The van der Waals surface area contributed by atoms with Gasteiger partial charge in [-0.2, -0.15) is 0 Å². The molecule has 2 aromatic carbocycles. The van der Waals surface area contributed by atoms with E-state index in [1.165, 1.54) is 6.92 Å². The first-order chi connectivity index (χ1) is 10.6. The largest absolute Gasteiger partial charge is 0.484 e. The smallest absolute Gasteiger partial charge is 0.233 e. The molecule has 1 aromatic heterocycles. The molecule has 1 amide bonds. The summed E-state index contributed by atoms with van der Waals surface area (Å²) in [6, 6.07) is 13.1. The standard InChI is InChI=1S/C17H16N2O3/c1-11-9-13(7-8-14(11)18-12(2)20)21-10-17-19-15-5-3-4-6-16(15)22-17/h3-9H,10H2,1-2H3,(H,18,20). The van der Waals surface area contributed by atoms with Crippen LogP contribution in [-0.2, 0) is 11.4 Å². The Morgan fingerprint density at radius 3 is 2.82 bits per heavy atom. The van der Waals surface area contributed by atoms with Gasteiger partial charge in [0.1, 0.15) is 11.3 Å². The van der Waals surface area contributed by atoms with Crippen molar-refractivity contribution < 1.29 is 13.9 Å². The number of benzene rings is 2. The number of aromatic nitrogens is 1. The van der Waals surface area contributed by atoms with Crippen LogP contribution in [0.5, 0.6) is 5.75 Å². The molecule has 0 aliphatic carbocycles. The Kier molecular flexibility index (Phi) is 3.78. The first kappa shape index (κ1) is 14.1. The van der Waals surface area contributed by atoms with E-state index in [0.29, 0.717) is 11.6 Å². The fourth-order valence-electron chi connectivity index (χ4n) is 2.18. The number of oxazole rings is 1. The quantitative estimate of drug-likeness (QED) is 0.797. The molecule has 5 nitrogen and oxygen atoms in total. The van der Waals surface area contributed by atoms with Crippen molar-refractivity contribution in [2.24, 2.45) is 0 Å². The van der Waals surface area contributed by atoms with E-state index in [4.69, 9.17) is 9.15 Å². The Morgan fingerprint density at radius 2 is 2.09 bits per heavy atom. The minimum atomic E-state index is -0.0942. The molecule has 0 bridgehead atoms. The highest BCUT2D eigenvalue weighted by atomic mass is 16.5. The Hall–Kier alpha value is -2.82. The zero-order valence-electron chi connectivity index (χ0n) is 12.4. The molecular formula is C17H16N2O3. The monoisotopic (exact) mass is 296 g/mol. The van der Waals surface area contributed by atoms with Crippen molar-refractivity contribution >= 4 is 22.7 Å². The topological polar surface area (TPSA) is 64.4 Å². The summed E-state index contributed by atoms with van der Waals surface area (Å²) in [5.41, 5.74) is 3.28. The molecule has 5 heteroatoms. The van der Waals surface area contributed by atoms with Gasteiger partial charge in [0, 0.05) is 12.6 Å². The Balaban J connectivity index is 1.70. The van der Waals surface area contributed by atoms with Crippen LogP contribution in [0.15, 0.2) is 46.9 Å². The maximum atomic E-state index is 11.1. The molecule has 1 heterocycles. The highest BCUT2D eigenvalue weighted by molar-refractivity contribution is 5.89. The van der Waals surface area contributed by atoms with Crippen LogP contribution in [0.2, 0.25) is 0 Å². The molecule has 1 N–H and O–H groups in total. The molecule has 3 aromatic rings. The van der Waals surface area contributed by atoms with E-state index in [1.807, 2.05) is 43.3 Å². The first-order valence-corrected chi connectivity index (χ1v) is 6.97. The summed E-state index contributed by atoms with van der Waals surface area (Å²) in [4.78, 5) is 15.4. The summed E-state index contributed by atoms with van der Waals surface area (Å²) in [5, 5.41) is 2.77. The molecule has 0 unspecified atom stereocenters. The summed E-state index contributed by atoms with van der Waals surface area (Å²) in [5.74, 6) is 1.14. The van der Waals surface area contributed by atoms with E-state index in [1.54, 1.807) is 6.07 Å². The maximum absolute atomic E-state index is 11.1. The van der Waals surface area contributed by atoms with Gasteiger partial charge in [-0.3, -0.25) is 4.79 Å². The number of nitrogens with one attached hydrogen (secondary N) is 1. The van der Waals surface area contributed by atoms with E-state index < -0.39 is 0 Å². The number of aryl methyl sites for hydroxylation is 1. The average molecular weight is 296 g/mol. The Bertz CT molecular complexity index is 791. The fraction of sp³-hybridized carbons (Fsp3) is 0.176. The zero-order valence-corrected chi connectivity index (χ0v) is 12.4. The van der Waals surface area contributed by atoms with Crippen molar-refractivity contribution in [3.8, 4) is 5.75 Å². The van der Waals surface area contributed by atoms with Gasteiger partial charge in [0.15, 0.2) is 12.2 Å². The second-order valence-electron chi connectivity index (χ2n) is 5.02. The molecule has 0 radical (unpaired) electrons. The molecule has 0 saturated carbocycles. The van der Waals surface area contributed by atoms with E-state index in [9.17, 15) is 4.79 Å². The number of rotatable bonds is 4. The summed E-state index contributed by atoms with van der Waals surface area (Å²) in [6.07, 6.45) is 0. The lowest BCUT2D eigenvalue weighted by molar-refractivity contribution is -0.114. The summed E-state index contributed by atoms with van der Waals surface area (Å²) < 4.78 is 11.3. The van der Waals surface area contributed by atoms with E-state index >= 15 is 0 Å². The number of fused-ring (bicyclic) bond motifs is 1. The number of carbonyl (C=O) groups excluding carboxylic acids is 1. The molecule has 0 atom stereocenters. The van der Waals surface area contributed by atoms with Crippen LogP contribution < -0.4 is 10.1 Å². The molecule has 0 aliphatic heterocycles. The summed E-state index contributed by atoms with van der Waals surface area (Å²) in [6.45, 7) is 3.66. The number of anilines is 1. The highest BCUT2D eigenvalue weighted by Crippen LogP contribution is 2.23. The molecule has 0 spiro atoms. The predicted octanol–water partition coefficient (Wildman–Crippen LogP) is 3.67. The molecule has 0 aliphatic rings. The number of amides is 1. The van der Waals surface area contributed by atoms with E-state index in [-0.39, 0.29) is 12.5 Å². The van der Waals surface area contributed by atoms with Crippen LogP contribution >= 0.6 is 0 Å². The van der Waals surface area contributed by atoms with Crippen LogP contribution in [0.3, 0.4) is 0 Å². The van der Waals surface area contributed by atoms with Crippen molar-refractivity contribution in [2.45, 2.75) is 20.5 Å². The van der Waals surface area contributed by atoms with Crippen molar-refractivity contribution in [3.05, 3.63) is 53.9 Å². The number of para-hydroxylation sites is 2. The lowest BCUT2D eigenvalue weighted by atomic mass is 10.2. The van der Waals surface area contributed by atoms with Crippen molar-refractivity contribution in [3.63, 3.8) is 0 Å². The third-order valence-electron chi connectivity index (χ3n) is 3.21. The van der Waals surface area contributed by atoms with Crippen LogP contribution in [0.1, 0.15) is 18.4 Å². The zero-order chi connectivity index (χ0) is 15.5. The second kappa shape index (κ2) is 5.89. The van der Waals surface area contributed by atoms with Gasteiger partial charge in [-0.1, -0.05) is 12.1 Å². The molecule has 0 fully saturated rings. The Morgan fingerprint density at radius 1 is 1.27 bits per heavy atom. The maximum Gasteiger partial charge on any atom is 0.233 e. The third-order valence-corrected chi connectivity index (χ3v) is 3.21. The molecule has 3 rings (SSSR count). The van der Waals surface area contributed by atoms with Crippen molar-refractivity contribution in [1.29, 1.82) is 0 Å².